The molecule has 1 aliphatic carbocycles. The van der Waals surface area contributed by atoms with Gasteiger partial charge in [0.25, 0.3) is 5.91 Å². The molecule has 4 rings (SSSR count). The lowest BCUT2D eigenvalue weighted by Gasteiger charge is -2.30. The molecule has 3 aromatic rings. The van der Waals surface area contributed by atoms with Crippen molar-refractivity contribution in [1.29, 1.82) is 0 Å². The zero-order chi connectivity index (χ0) is 22.4. The standard InChI is InChI=1S/C22H25N3O5S/c1-24-12-17(15-7-3-4-8-18(15)24)22(9-5-6-10-22)14-25-11-16(20(27)19(26)13-25)21(28)23-31(2,29)30/h3-4,7-8,11-13,26H,5-6,9-10,14H2,1-2H3,(H,23,28). The number of fused-ring (bicyclic) bond motifs is 1. The van der Waals surface area contributed by atoms with Gasteiger partial charge in [0.2, 0.25) is 15.5 Å². The number of hydrogen-bond acceptors (Lipinski definition) is 5. The van der Waals surface area contributed by atoms with Gasteiger partial charge in [-0.25, -0.2) is 13.1 Å². The van der Waals surface area contributed by atoms with E-state index < -0.39 is 32.7 Å². The van der Waals surface area contributed by atoms with Gasteiger partial charge in [-0.2, -0.15) is 0 Å². The molecule has 2 aromatic heterocycles. The van der Waals surface area contributed by atoms with Crippen LogP contribution in [0.3, 0.4) is 0 Å². The quantitative estimate of drug-likeness (QED) is 0.628. The number of nitrogens with one attached hydrogen (secondary N) is 1. The van der Waals surface area contributed by atoms with Gasteiger partial charge in [-0.3, -0.25) is 9.59 Å². The smallest absolute Gasteiger partial charge is 0.270 e. The number of nitrogens with zero attached hydrogens (tertiary/aromatic N) is 2. The van der Waals surface area contributed by atoms with Crippen LogP contribution in [0, 0.1) is 0 Å². The highest BCUT2D eigenvalue weighted by Crippen LogP contribution is 2.45. The van der Waals surface area contributed by atoms with E-state index in [0.29, 0.717) is 6.54 Å². The Hall–Kier alpha value is -3.07. The summed E-state index contributed by atoms with van der Waals surface area (Å²) in [6.45, 7) is 0.452. The summed E-state index contributed by atoms with van der Waals surface area (Å²) in [7, 11) is -1.84. The highest BCUT2D eigenvalue weighted by molar-refractivity contribution is 7.89. The van der Waals surface area contributed by atoms with Crippen LogP contribution in [0.5, 0.6) is 5.75 Å². The highest BCUT2D eigenvalue weighted by atomic mass is 32.2. The van der Waals surface area contributed by atoms with Crippen LogP contribution < -0.4 is 10.2 Å². The third-order valence-electron chi connectivity index (χ3n) is 6.10. The number of benzene rings is 1. The topological polar surface area (TPSA) is 110 Å². The molecule has 1 aliphatic rings. The van der Waals surface area contributed by atoms with E-state index in [1.807, 2.05) is 19.2 Å². The minimum atomic E-state index is -3.85. The number of aromatic nitrogens is 2. The third kappa shape index (κ3) is 3.97. The number of sulfonamides is 1. The molecular weight excluding hydrogens is 418 g/mol. The van der Waals surface area contributed by atoms with Crippen molar-refractivity contribution in [2.75, 3.05) is 6.26 Å². The van der Waals surface area contributed by atoms with Gasteiger partial charge in [-0.15, -0.1) is 0 Å². The van der Waals surface area contributed by atoms with Crippen LogP contribution in [0.15, 0.2) is 47.7 Å². The average molecular weight is 444 g/mol. The molecule has 1 aromatic carbocycles. The zero-order valence-electron chi connectivity index (χ0n) is 17.5. The van der Waals surface area contributed by atoms with Gasteiger partial charge in [-0.1, -0.05) is 31.0 Å². The molecule has 8 nitrogen and oxygen atoms in total. The van der Waals surface area contributed by atoms with Crippen molar-refractivity contribution in [1.82, 2.24) is 13.9 Å². The maximum absolute atomic E-state index is 12.3. The summed E-state index contributed by atoms with van der Waals surface area (Å²) in [5.41, 5.74) is 0.787. The number of carbonyl (C=O) groups is 1. The fraction of sp³-hybridized carbons (Fsp3) is 0.364. The first kappa shape index (κ1) is 21.2. The van der Waals surface area contributed by atoms with Crippen LogP contribution in [0.1, 0.15) is 41.6 Å². The van der Waals surface area contributed by atoms with Gasteiger partial charge in [-0.05, 0) is 24.5 Å². The number of hydrogen-bond donors (Lipinski definition) is 2. The molecule has 0 unspecified atom stereocenters. The second-order valence-electron chi connectivity index (χ2n) is 8.42. The number of carbonyl (C=O) groups excluding carboxylic acids is 1. The summed E-state index contributed by atoms with van der Waals surface area (Å²) in [5, 5.41) is 11.3. The Labute approximate surface area is 180 Å². The van der Waals surface area contributed by atoms with Crippen molar-refractivity contribution >= 4 is 26.8 Å². The molecule has 0 atom stereocenters. The Morgan fingerprint density at radius 2 is 1.84 bits per heavy atom. The lowest BCUT2D eigenvalue weighted by Crippen LogP contribution is -2.34. The summed E-state index contributed by atoms with van der Waals surface area (Å²) >= 11 is 0. The van der Waals surface area contributed by atoms with Crippen molar-refractivity contribution in [3.05, 3.63) is 64.2 Å². The molecule has 2 N–H and O–H groups in total. The number of pyridine rings is 1. The second-order valence-corrected chi connectivity index (χ2v) is 10.2. The molecule has 9 heteroatoms. The molecule has 0 radical (unpaired) electrons. The first-order valence-electron chi connectivity index (χ1n) is 10.1. The second kappa shape index (κ2) is 7.56. The van der Waals surface area contributed by atoms with Crippen molar-refractivity contribution in [2.45, 2.75) is 37.6 Å². The van der Waals surface area contributed by atoms with Gasteiger partial charge in [0.05, 0.1) is 6.26 Å². The molecule has 31 heavy (non-hydrogen) atoms. The van der Waals surface area contributed by atoms with Gasteiger partial charge < -0.3 is 14.2 Å². The molecule has 1 fully saturated rings. The number of rotatable bonds is 5. The van der Waals surface area contributed by atoms with E-state index >= 15 is 0 Å². The fourth-order valence-electron chi connectivity index (χ4n) is 4.77. The van der Waals surface area contributed by atoms with E-state index in [-0.39, 0.29) is 5.41 Å². The van der Waals surface area contributed by atoms with Crippen molar-refractivity contribution in [3.63, 3.8) is 0 Å². The summed E-state index contributed by atoms with van der Waals surface area (Å²) in [4.78, 5) is 24.6. The third-order valence-corrected chi connectivity index (χ3v) is 6.65. The van der Waals surface area contributed by atoms with Crippen LogP contribution in [-0.4, -0.2) is 34.8 Å². The molecule has 164 valence electrons. The summed E-state index contributed by atoms with van der Waals surface area (Å²) < 4.78 is 28.4. The van der Waals surface area contributed by atoms with Gasteiger partial charge >= 0.3 is 0 Å². The largest absolute Gasteiger partial charge is 0.503 e. The summed E-state index contributed by atoms with van der Waals surface area (Å²) in [6, 6.07) is 8.17. The van der Waals surface area contributed by atoms with E-state index in [0.717, 1.165) is 42.8 Å². The highest BCUT2D eigenvalue weighted by Gasteiger charge is 2.38. The van der Waals surface area contributed by atoms with E-state index in [9.17, 15) is 23.1 Å². The van der Waals surface area contributed by atoms with Crippen LogP contribution in [0.4, 0.5) is 0 Å². The lowest BCUT2D eigenvalue weighted by molar-refractivity contribution is 0.0979. The Bertz CT molecular complexity index is 1330. The van der Waals surface area contributed by atoms with Crippen LogP contribution in [0.25, 0.3) is 10.9 Å². The minimum Gasteiger partial charge on any atom is -0.503 e. The molecule has 1 amide bonds. The molecule has 2 heterocycles. The van der Waals surface area contributed by atoms with Gasteiger partial charge in [0.15, 0.2) is 5.75 Å². The fourth-order valence-corrected chi connectivity index (χ4v) is 5.22. The van der Waals surface area contributed by atoms with E-state index in [4.69, 9.17) is 0 Å². The SMILES string of the molecule is Cn1cc(C2(Cn3cc(O)c(=O)c(C(=O)NS(C)(=O)=O)c3)CCCC2)c2ccccc21. The molecule has 1 saturated carbocycles. The predicted octanol–water partition coefficient (Wildman–Crippen LogP) is 2.25. The zero-order valence-corrected chi connectivity index (χ0v) is 18.3. The maximum Gasteiger partial charge on any atom is 0.270 e. The molecule has 0 aliphatic heterocycles. The van der Waals surface area contributed by atoms with Crippen LogP contribution in [-0.2, 0) is 29.0 Å². The van der Waals surface area contributed by atoms with E-state index in [1.165, 1.54) is 18.0 Å². The number of amides is 1. The molecule has 0 bridgehead atoms. The van der Waals surface area contributed by atoms with E-state index in [1.54, 1.807) is 9.29 Å². The molecule has 0 spiro atoms. The van der Waals surface area contributed by atoms with Crippen LogP contribution >= 0.6 is 0 Å². The number of aryl methyl sites for hydroxylation is 1. The lowest BCUT2D eigenvalue weighted by atomic mass is 9.78. The first-order valence-corrected chi connectivity index (χ1v) is 12.0. The maximum atomic E-state index is 12.3. The summed E-state index contributed by atoms with van der Waals surface area (Å²) in [5.74, 6) is -1.64. The van der Waals surface area contributed by atoms with Gasteiger partial charge in [0.1, 0.15) is 5.56 Å². The molecular formula is C22H25N3O5S. The number of aromatic hydroxyl groups is 1. The van der Waals surface area contributed by atoms with Gasteiger partial charge in [0, 0.05) is 48.5 Å². The van der Waals surface area contributed by atoms with E-state index in [2.05, 4.69) is 22.9 Å². The Morgan fingerprint density at radius 1 is 1.16 bits per heavy atom. The first-order chi connectivity index (χ1) is 14.6. The normalized spacial score (nSPS) is 15.9. The summed E-state index contributed by atoms with van der Waals surface area (Å²) in [6.07, 6.45) is 9.57. The Morgan fingerprint density at radius 3 is 2.52 bits per heavy atom. The van der Waals surface area contributed by atoms with Crippen molar-refractivity contribution in [2.24, 2.45) is 7.05 Å². The number of para-hydroxylation sites is 1. The Kier molecular flexibility index (Phi) is 5.17. The van der Waals surface area contributed by atoms with Crippen molar-refractivity contribution in [3.8, 4) is 5.75 Å². The average Bonchev–Trinajstić information content (AvgIpc) is 3.29. The van der Waals surface area contributed by atoms with Crippen LogP contribution in [0.2, 0.25) is 0 Å². The predicted molar refractivity (Wildman–Crippen MR) is 118 cm³/mol. The molecule has 0 saturated heterocycles. The van der Waals surface area contributed by atoms with Crippen molar-refractivity contribution < 1.29 is 18.3 Å². The monoisotopic (exact) mass is 443 g/mol. The Balaban J connectivity index is 1.79. The minimum absolute atomic E-state index is 0.229.